The highest BCUT2D eigenvalue weighted by molar-refractivity contribution is 6.61. The summed E-state index contributed by atoms with van der Waals surface area (Å²) in [7, 11) is 0. The standard InChI is InChI=1S/C12H15ClO2/c1-8-6-5-7-9(12(2,3)4)10(8)15-11(13)14/h5-7H,1-4H3. The molecule has 1 rings (SSSR count). The van der Waals surface area contributed by atoms with Gasteiger partial charge in [0.2, 0.25) is 0 Å². The third-order valence-electron chi connectivity index (χ3n) is 2.20. The number of rotatable bonds is 1. The molecule has 0 unspecified atom stereocenters. The molecule has 0 aromatic heterocycles. The molecular formula is C12H15ClO2. The molecule has 0 amide bonds. The normalized spacial score (nSPS) is 11.3. The molecule has 0 aliphatic heterocycles. The van der Waals surface area contributed by atoms with E-state index in [9.17, 15) is 4.79 Å². The van der Waals surface area contributed by atoms with Gasteiger partial charge in [0.15, 0.2) is 0 Å². The molecule has 1 aromatic rings. The minimum Gasteiger partial charge on any atom is -0.414 e. The largest absolute Gasteiger partial charge is 0.414 e. The van der Waals surface area contributed by atoms with Crippen LogP contribution in [0.2, 0.25) is 0 Å². The van der Waals surface area contributed by atoms with Crippen LogP contribution in [-0.2, 0) is 5.41 Å². The Balaban J connectivity index is 3.26. The number of para-hydroxylation sites is 1. The van der Waals surface area contributed by atoms with Gasteiger partial charge < -0.3 is 4.74 Å². The second-order valence-electron chi connectivity index (χ2n) is 4.54. The Bertz CT molecular complexity index is 378. The van der Waals surface area contributed by atoms with E-state index in [0.717, 1.165) is 11.1 Å². The molecular weight excluding hydrogens is 212 g/mol. The molecule has 0 radical (unpaired) electrons. The topological polar surface area (TPSA) is 26.3 Å². The molecule has 2 nitrogen and oxygen atoms in total. The molecule has 0 fully saturated rings. The highest BCUT2D eigenvalue weighted by Crippen LogP contribution is 2.34. The van der Waals surface area contributed by atoms with E-state index in [0.29, 0.717) is 5.75 Å². The third-order valence-corrected chi connectivity index (χ3v) is 2.28. The van der Waals surface area contributed by atoms with E-state index in [4.69, 9.17) is 16.3 Å². The molecule has 15 heavy (non-hydrogen) atoms. The van der Waals surface area contributed by atoms with Crippen molar-refractivity contribution in [2.45, 2.75) is 33.1 Å². The van der Waals surface area contributed by atoms with Crippen LogP contribution in [0.25, 0.3) is 0 Å². The monoisotopic (exact) mass is 226 g/mol. The summed E-state index contributed by atoms with van der Waals surface area (Å²) >= 11 is 5.25. The first-order valence-corrected chi connectivity index (χ1v) is 5.17. The maximum absolute atomic E-state index is 10.8. The highest BCUT2D eigenvalue weighted by Gasteiger charge is 2.21. The van der Waals surface area contributed by atoms with Gasteiger partial charge in [-0.2, -0.15) is 0 Å². The van der Waals surface area contributed by atoms with Crippen LogP contribution in [0.1, 0.15) is 31.9 Å². The number of aryl methyl sites for hydroxylation is 1. The van der Waals surface area contributed by atoms with Gasteiger partial charge in [-0.15, -0.1) is 0 Å². The second-order valence-corrected chi connectivity index (χ2v) is 4.85. The number of ether oxygens (including phenoxy) is 1. The highest BCUT2D eigenvalue weighted by atomic mass is 35.5. The minimum atomic E-state index is -0.796. The van der Waals surface area contributed by atoms with Crippen molar-refractivity contribution >= 4 is 17.0 Å². The van der Waals surface area contributed by atoms with Crippen LogP contribution >= 0.6 is 11.6 Å². The number of carbonyl (C=O) groups excluding carboxylic acids is 1. The van der Waals surface area contributed by atoms with E-state index in [1.807, 2.05) is 25.1 Å². The van der Waals surface area contributed by atoms with Crippen LogP contribution in [0.15, 0.2) is 18.2 Å². The van der Waals surface area contributed by atoms with Crippen molar-refractivity contribution in [3.8, 4) is 5.75 Å². The molecule has 0 bridgehead atoms. The molecule has 82 valence electrons. The molecule has 0 aliphatic rings. The summed E-state index contributed by atoms with van der Waals surface area (Å²) in [5, 5.41) is 0. The van der Waals surface area contributed by atoms with Gasteiger partial charge in [-0.05, 0) is 17.9 Å². The Morgan fingerprint density at radius 2 is 1.93 bits per heavy atom. The average Bonchev–Trinajstić information content (AvgIpc) is 2.05. The van der Waals surface area contributed by atoms with Crippen molar-refractivity contribution in [1.82, 2.24) is 0 Å². The van der Waals surface area contributed by atoms with Crippen molar-refractivity contribution in [3.63, 3.8) is 0 Å². The fourth-order valence-corrected chi connectivity index (χ4v) is 1.54. The zero-order valence-electron chi connectivity index (χ0n) is 9.43. The Morgan fingerprint density at radius 3 is 2.40 bits per heavy atom. The lowest BCUT2D eigenvalue weighted by atomic mass is 9.85. The van der Waals surface area contributed by atoms with Gasteiger partial charge in [-0.3, -0.25) is 0 Å². The number of hydrogen-bond donors (Lipinski definition) is 0. The molecule has 0 heterocycles. The van der Waals surface area contributed by atoms with Crippen molar-refractivity contribution < 1.29 is 9.53 Å². The number of halogens is 1. The molecule has 0 aliphatic carbocycles. The predicted octanol–water partition coefficient (Wildman–Crippen LogP) is 4.03. The van der Waals surface area contributed by atoms with E-state index in [1.165, 1.54) is 0 Å². The molecule has 0 saturated carbocycles. The Kier molecular flexibility index (Phi) is 3.40. The molecule has 1 aromatic carbocycles. The SMILES string of the molecule is Cc1cccc(C(C)(C)C)c1OC(=O)Cl. The summed E-state index contributed by atoms with van der Waals surface area (Å²) in [5.41, 5.74) is 1.02. The van der Waals surface area contributed by atoms with Crippen LogP contribution < -0.4 is 4.74 Å². The smallest absolute Gasteiger partial charge is 0.409 e. The molecule has 3 heteroatoms. The molecule has 0 N–H and O–H groups in total. The summed E-state index contributed by atoms with van der Waals surface area (Å²) in [4.78, 5) is 10.8. The first-order valence-electron chi connectivity index (χ1n) is 4.80. The summed E-state index contributed by atoms with van der Waals surface area (Å²) in [6.07, 6.45) is 0. The van der Waals surface area contributed by atoms with Gasteiger partial charge in [-0.25, -0.2) is 4.79 Å². The van der Waals surface area contributed by atoms with E-state index in [1.54, 1.807) is 0 Å². The van der Waals surface area contributed by atoms with E-state index in [2.05, 4.69) is 20.8 Å². The van der Waals surface area contributed by atoms with Gasteiger partial charge in [0.25, 0.3) is 0 Å². The van der Waals surface area contributed by atoms with Crippen LogP contribution in [0.5, 0.6) is 5.75 Å². The lowest BCUT2D eigenvalue weighted by Crippen LogP contribution is -2.14. The fourth-order valence-electron chi connectivity index (χ4n) is 1.46. The predicted molar refractivity (Wildman–Crippen MR) is 61.8 cm³/mol. The fraction of sp³-hybridized carbons (Fsp3) is 0.417. The number of hydrogen-bond acceptors (Lipinski definition) is 2. The number of benzene rings is 1. The Morgan fingerprint density at radius 1 is 1.33 bits per heavy atom. The van der Waals surface area contributed by atoms with Crippen molar-refractivity contribution in [1.29, 1.82) is 0 Å². The first kappa shape index (κ1) is 12.1. The van der Waals surface area contributed by atoms with Crippen LogP contribution in [0.3, 0.4) is 0 Å². The molecule has 0 saturated heterocycles. The van der Waals surface area contributed by atoms with Gasteiger partial charge in [-0.1, -0.05) is 39.0 Å². The van der Waals surface area contributed by atoms with E-state index in [-0.39, 0.29) is 5.41 Å². The second kappa shape index (κ2) is 4.23. The zero-order chi connectivity index (χ0) is 11.6. The van der Waals surface area contributed by atoms with Crippen LogP contribution in [0, 0.1) is 6.92 Å². The molecule has 0 atom stereocenters. The lowest BCUT2D eigenvalue weighted by Gasteiger charge is -2.22. The number of carbonyl (C=O) groups is 1. The van der Waals surface area contributed by atoms with Crippen LogP contribution in [0.4, 0.5) is 4.79 Å². The first-order chi connectivity index (χ1) is 6.82. The van der Waals surface area contributed by atoms with E-state index < -0.39 is 5.43 Å². The van der Waals surface area contributed by atoms with Gasteiger partial charge in [0.1, 0.15) is 5.75 Å². The lowest BCUT2D eigenvalue weighted by molar-refractivity contribution is 0.224. The average molecular weight is 227 g/mol. The maximum Gasteiger partial charge on any atom is 0.409 e. The minimum absolute atomic E-state index is 0.0757. The Labute approximate surface area is 95.2 Å². The quantitative estimate of drug-likeness (QED) is 0.676. The van der Waals surface area contributed by atoms with Crippen molar-refractivity contribution in [2.24, 2.45) is 0 Å². The summed E-state index contributed by atoms with van der Waals surface area (Å²) < 4.78 is 5.03. The van der Waals surface area contributed by atoms with Gasteiger partial charge in [0.05, 0.1) is 0 Å². The summed E-state index contributed by atoms with van der Waals surface area (Å²) in [5.74, 6) is 0.574. The maximum atomic E-state index is 10.8. The van der Waals surface area contributed by atoms with Gasteiger partial charge in [0, 0.05) is 17.2 Å². The third kappa shape index (κ3) is 2.96. The van der Waals surface area contributed by atoms with Crippen molar-refractivity contribution in [2.75, 3.05) is 0 Å². The molecule has 0 spiro atoms. The van der Waals surface area contributed by atoms with E-state index >= 15 is 0 Å². The van der Waals surface area contributed by atoms with Crippen molar-refractivity contribution in [3.05, 3.63) is 29.3 Å². The van der Waals surface area contributed by atoms with Gasteiger partial charge >= 0.3 is 5.43 Å². The Hall–Kier alpha value is -1.02. The zero-order valence-corrected chi connectivity index (χ0v) is 10.2. The summed E-state index contributed by atoms with van der Waals surface area (Å²) in [6.45, 7) is 8.08. The summed E-state index contributed by atoms with van der Waals surface area (Å²) in [6, 6.07) is 5.79. The van der Waals surface area contributed by atoms with Crippen LogP contribution in [-0.4, -0.2) is 5.43 Å².